The zero-order valence-corrected chi connectivity index (χ0v) is 13.1. The van der Waals surface area contributed by atoms with Gasteiger partial charge in [-0.25, -0.2) is 0 Å². The molecular formula is C16H21N3O4. The number of rotatable bonds is 6. The van der Waals surface area contributed by atoms with Crippen molar-refractivity contribution in [3.05, 3.63) is 39.9 Å². The summed E-state index contributed by atoms with van der Waals surface area (Å²) in [7, 11) is 0. The lowest BCUT2D eigenvalue weighted by atomic mass is 9.86. The summed E-state index contributed by atoms with van der Waals surface area (Å²) in [5, 5.41) is 17.3. The van der Waals surface area contributed by atoms with Gasteiger partial charge in [-0.15, -0.1) is 0 Å². The van der Waals surface area contributed by atoms with Gasteiger partial charge in [0.2, 0.25) is 0 Å². The van der Waals surface area contributed by atoms with Crippen molar-refractivity contribution >= 4 is 17.8 Å². The summed E-state index contributed by atoms with van der Waals surface area (Å²) in [4.78, 5) is 27.0. The molecule has 0 radical (unpaired) electrons. The predicted molar refractivity (Wildman–Crippen MR) is 86.2 cm³/mol. The molecule has 1 fully saturated rings. The molecule has 0 heterocycles. The highest BCUT2D eigenvalue weighted by molar-refractivity contribution is 5.80. The summed E-state index contributed by atoms with van der Waals surface area (Å²) in [5.41, 5.74) is 0.526. The number of non-ortho nitro benzene ring substituents is 1. The van der Waals surface area contributed by atoms with E-state index >= 15 is 0 Å². The van der Waals surface area contributed by atoms with Gasteiger partial charge in [0.25, 0.3) is 11.6 Å². The van der Waals surface area contributed by atoms with Crippen LogP contribution in [0.3, 0.4) is 0 Å². The van der Waals surface area contributed by atoms with E-state index in [2.05, 4.69) is 17.4 Å². The van der Waals surface area contributed by atoms with Gasteiger partial charge >= 0.3 is 0 Å². The van der Waals surface area contributed by atoms with E-state index in [9.17, 15) is 14.9 Å². The molecule has 124 valence electrons. The minimum Gasteiger partial charge on any atom is -0.386 e. The van der Waals surface area contributed by atoms with E-state index in [1.165, 1.54) is 24.8 Å². The summed E-state index contributed by atoms with van der Waals surface area (Å²) < 4.78 is 0. The maximum atomic E-state index is 11.8. The Labute approximate surface area is 134 Å². The van der Waals surface area contributed by atoms with Gasteiger partial charge in [0, 0.05) is 23.7 Å². The summed E-state index contributed by atoms with van der Waals surface area (Å²) in [6.45, 7) is 1.99. The first kappa shape index (κ1) is 16.9. The summed E-state index contributed by atoms with van der Waals surface area (Å²) in [6, 6.07) is 6.23. The van der Waals surface area contributed by atoms with Crippen LogP contribution < -0.4 is 5.32 Å². The fourth-order valence-electron chi connectivity index (χ4n) is 2.69. The molecule has 2 rings (SSSR count). The standard InChI is InChI=1S/C16H21N3O4/c1-12-5-2-3-8-15(12)18-16(20)11-23-17-10-13-6-4-7-14(9-13)19(21)22/h4,6-7,9-10,12,15H,2-3,5,8,11H2,1H3,(H,18,20)/b17-10-/t12-,15-/m0/s1. The highest BCUT2D eigenvalue weighted by Crippen LogP contribution is 2.23. The van der Waals surface area contributed by atoms with Crippen molar-refractivity contribution in [3.63, 3.8) is 0 Å². The van der Waals surface area contributed by atoms with Crippen LogP contribution in [0.2, 0.25) is 0 Å². The zero-order chi connectivity index (χ0) is 16.7. The molecule has 0 unspecified atom stereocenters. The van der Waals surface area contributed by atoms with Crippen LogP contribution in [-0.2, 0) is 9.63 Å². The molecule has 1 N–H and O–H groups in total. The first-order chi connectivity index (χ1) is 11.1. The van der Waals surface area contributed by atoms with Gasteiger partial charge in [0.1, 0.15) is 0 Å². The molecule has 2 atom stereocenters. The lowest BCUT2D eigenvalue weighted by molar-refractivity contribution is -0.384. The first-order valence-electron chi connectivity index (χ1n) is 7.75. The highest BCUT2D eigenvalue weighted by atomic mass is 16.6. The molecule has 0 saturated heterocycles. The van der Waals surface area contributed by atoms with Gasteiger partial charge in [-0.3, -0.25) is 14.9 Å². The van der Waals surface area contributed by atoms with Gasteiger partial charge in [-0.05, 0) is 18.8 Å². The summed E-state index contributed by atoms with van der Waals surface area (Å²) in [6.07, 6.45) is 5.85. The predicted octanol–water partition coefficient (Wildman–Crippen LogP) is 2.64. The Morgan fingerprint density at radius 2 is 2.26 bits per heavy atom. The van der Waals surface area contributed by atoms with E-state index in [4.69, 9.17) is 4.84 Å². The van der Waals surface area contributed by atoms with Gasteiger partial charge in [-0.1, -0.05) is 37.1 Å². The third kappa shape index (κ3) is 5.36. The van der Waals surface area contributed by atoms with Crippen molar-refractivity contribution in [1.29, 1.82) is 0 Å². The lowest BCUT2D eigenvalue weighted by Gasteiger charge is -2.29. The van der Waals surface area contributed by atoms with Crippen LogP contribution in [0.4, 0.5) is 5.69 Å². The number of hydrogen-bond acceptors (Lipinski definition) is 5. The summed E-state index contributed by atoms with van der Waals surface area (Å²) in [5.74, 6) is 0.293. The van der Waals surface area contributed by atoms with Crippen molar-refractivity contribution in [3.8, 4) is 0 Å². The Morgan fingerprint density at radius 1 is 1.48 bits per heavy atom. The molecule has 1 saturated carbocycles. The van der Waals surface area contributed by atoms with Gasteiger partial charge < -0.3 is 10.2 Å². The highest BCUT2D eigenvalue weighted by Gasteiger charge is 2.22. The quantitative estimate of drug-likeness (QED) is 0.495. The van der Waals surface area contributed by atoms with Gasteiger partial charge in [-0.2, -0.15) is 0 Å². The van der Waals surface area contributed by atoms with Crippen LogP contribution in [0.5, 0.6) is 0 Å². The number of amides is 1. The average molecular weight is 319 g/mol. The molecular weight excluding hydrogens is 298 g/mol. The topological polar surface area (TPSA) is 93.8 Å². The van der Waals surface area contributed by atoms with Crippen LogP contribution in [0.15, 0.2) is 29.4 Å². The number of carbonyl (C=O) groups is 1. The number of nitrogens with zero attached hydrogens (tertiary/aromatic N) is 2. The molecule has 1 aliphatic carbocycles. The Hall–Kier alpha value is -2.44. The molecule has 7 nitrogen and oxygen atoms in total. The monoisotopic (exact) mass is 319 g/mol. The van der Waals surface area contributed by atoms with Gasteiger partial charge in [0.15, 0.2) is 6.61 Å². The Bertz CT molecular complexity index is 588. The molecule has 0 aliphatic heterocycles. The maximum Gasteiger partial charge on any atom is 0.270 e. The van der Waals surface area contributed by atoms with Crippen LogP contribution in [0.1, 0.15) is 38.2 Å². The minimum absolute atomic E-state index is 0.0158. The van der Waals surface area contributed by atoms with Gasteiger partial charge in [0.05, 0.1) is 11.1 Å². The van der Waals surface area contributed by atoms with E-state index < -0.39 is 4.92 Å². The minimum atomic E-state index is -0.475. The number of carbonyl (C=O) groups excluding carboxylic acids is 1. The zero-order valence-electron chi connectivity index (χ0n) is 13.1. The number of benzene rings is 1. The lowest BCUT2D eigenvalue weighted by Crippen LogP contribution is -2.42. The van der Waals surface area contributed by atoms with Crippen molar-refractivity contribution in [2.75, 3.05) is 6.61 Å². The fraction of sp³-hybridized carbons (Fsp3) is 0.500. The number of nitro benzene ring substituents is 1. The van der Waals surface area contributed by atoms with E-state index in [1.54, 1.807) is 12.1 Å². The number of nitrogens with one attached hydrogen (secondary N) is 1. The molecule has 1 amide bonds. The maximum absolute atomic E-state index is 11.8. The van der Waals surface area contributed by atoms with Crippen LogP contribution in [-0.4, -0.2) is 29.7 Å². The fourth-order valence-corrected chi connectivity index (χ4v) is 2.69. The third-order valence-corrected chi connectivity index (χ3v) is 4.01. The normalized spacial score (nSPS) is 21.1. The second kappa shape index (κ2) is 8.26. The Balaban J connectivity index is 1.76. The van der Waals surface area contributed by atoms with Crippen LogP contribution in [0, 0.1) is 16.0 Å². The van der Waals surface area contributed by atoms with Crippen molar-refractivity contribution < 1.29 is 14.6 Å². The largest absolute Gasteiger partial charge is 0.386 e. The SMILES string of the molecule is C[C@H]1CCCC[C@@H]1NC(=O)CO/N=C\c1cccc([N+](=O)[O-])c1. The molecule has 1 aromatic rings. The number of hydrogen-bond donors (Lipinski definition) is 1. The van der Waals surface area contributed by atoms with E-state index in [0.717, 1.165) is 19.3 Å². The molecule has 1 aliphatic rings. The first-order valence-corrected chi connectivity index (χ1v) is 7.75. The molecule has 0 bridgehead atoms. The third-order valence-electron chi connectivity index (χ3n) is 4.01. The molecule has 1 aromatic carbocycles. The second-order valence-corrected chi connectivity index (χ2v) is 5.80. The summed E-state index contributed by atoms with van der Waals surface area (Å²) >= 11 is 0. The second-order valence-electron chi connectivity index (χ2n) is 5.80. The molecule has 7 heteroatoms. The number of oxime groups is 1. The molecule has 23 heavy (non-hydrogen) atoms. The van der Waals surface area contributed by atoms with E-state index in [0.29, 0.717) is 11.5 Å². The van der Waals surface area contributed by atoms with Crippen molar-refractivity contribution in [2.45, 2.75) is 38.6 Å². The van der Waals surface area contributed by atoms with Crippen molar-refractivity contribution in [1.82, 2.24) is 5.32 Å². The average Bonchev–Trinajstić information content (AvgIpc) is 2.54. The van der Waals surface area contributed by atoms with E-state index in [1.807, 2.05) is 0 Å². The van der Waals surface area contributed by atoms with E-state index in [-0.39, 0.29) is 24.2 Å². The Morgan fingerprint density at radius 3 is 3.00 bits per heavy atom. The smallest absolute Gasteiger partial charge is 0.270 e. The Kier molecular flexibility index (Phi) is 6.08. The number of nitro groups is 1. The van der Waals surface area contributed by atoms with Crippen LogP contribution in [0.25, 0.3) is 0 Å². The molecule has 0 spiro atoms. The molecule has 0 aromatic heterocycles. The van der Waals surface area contributed by atoms with Crippen molar-refractivity contribution in [2.24, 2.45) is 11.1 Å². The van der Waals surface area contributed by atoms with Crippen LogP contribution >= 0.6 is 0 Å².